The highest BCUT2D eigenvalue weighted by molar-refractivity contribution is 5.38. The molecule has 1 aromatic carbocycles. The van der Waals surface area contributed by atoms with Gasteiger partial charge in [-0.2, -0.15) is 0 Å². The zero-order valence-corrected chi connectivity index (χ0v) is 5.94. The summed E-state index contributed by atoms with van der Waals surface area (Å²) in [6.45, 7) is 0.345. The predicted octanol–water partition coefficient (Wildman–Crippen LogP) is 0.817. The zero-order chi connectivity index (χ0) is 8.10. The first kappa shape index (κ1) is 7.75. The van der Waals surface area contributed by atoms with Crippen molar-refractivity contribution in [1.29, 1.82) is 0 Å². The lowest BCUT2D eigenvalue weighted by molar-refractivity contribution is -0.133. The maximum atomic E-state index is 9.89. The molecule has 58 valence electrons. The molecule has 0 aromatic heterocycles. The highest BCUT2D eigenvalue weighted by atomic mass is 16.5. The fraction of sp³-hybridized carbons (Fsp3) is 0.125. The molecule has 2 N–H and O–H groups in total. The third-order valence-corrected chi connectivity index (χ3v) is 1.33. The van der Waals surface area contributed by atoms with Gasteiger partial charge in [-0.3, -0.25) is 10.5 Å². The average molecular weight is 151 g/mol. The van der Waals surface area contributed by atoms with Crippen LogP contribution in [-0.4, -0.2) is 6.47 Å². The number of hydrogen-bond acceptors (Lipinski definition) is 3. The van der Waals surface area contributed by atoms with E-state index in [9.17, 15) is 4.79 Å². The first-order chi connectivity index (χ1) is 5.34. The van der Waals surface area contributed by atoms with Crippen molar-refractivity contribution < 1.29 is 9.53 Å². The van der Waals surface area contributed by atoms with Crippen molar-refractivity contribution in [3.63, 3.8) is 0 Å². The maximum Gasteiger partial charge on any atom is 0.294 e. The van der Waals surface area contributed by atoms with Gasteiger partial charge in [-0.25, -0.2) is 0 Å². The van der Waals surface area contributed by atoms with Gasteiger partial charge in [0.25, 0.3) is 6.47 Å². The minimum atomic E-state index is -0.645. The molecule has 1 aromatic rings. The van der Waals surface area contributed by atoms with Crippen LogP contribution in [0.5, 0.6) is 0 Å². The molecule has 1 atom stereocenters. The van der Waals surface area contributed by atoms with Gasteiger partial charge < -0.3 is 4.74 Å². The lowest BCUT2D eigenvalue weighted by atomic mass is 10.2. The Morgan fingerprint density at radius 3 is 2.55 bits per heavy atom. The van der Waals surface area contributed by atoms with Crippen LogP contribution in [0, 0.1) is 0 Å². The minimum Gasteiger partial charge on any atom is -0.445 e. The van der Waals surface area contributed by atoms with Gasteiger partial charge in [-0.05, 0) is 0 Å². The Morgan fingerprint density at radius 1 is 1.36 bits per heavy atom. The Kier molecular flexibility index (Phi) is 2.63. The van der Waals surface area contributed by atoms with Gasteiger partial charge in [-0.15, -0.1) is 0 Å². The van der Waals surface area contributed by atoms with Crippen LogP contribution in [0.1, 0.15) is 11.8 Å². The molecular weight excluding hydrogens is 142 g/mol. The molecule has 0 aliphatic rings. The van der Waals surface area contributed by atoms with Gasteiger partial charge in [0.05, 0.1) is 0 Å². The van der Waals surface area contributed by atoms with E-state index in [4.69, 9.17) is 5.73 Å². The Hall–Kier alpha value is -1.35. The van der Waals surface area contributed by atoms with Crippen molar-refractivity contribution in [3.05, 3.63) is 35.9 Å². The van der Waals surface area contributed by atoms with Crippen LogP contribution in [-0.2, 0) is 9.53 Å². The van der Waals surface area contributed by atoms with Crippen LogP contribution in [0.2, 0.25) is 0 Å². The second-order valence-electron chi connectivity index (χ2n) is 2.06. The van der Waals surface area contributed by atoms with E-state index in [-0.39, 0.29) is 0 Å². The van der Waals surface area contributed by atoms with Crippen LogP contribution >= 0.6 is 0 Å². The first-order valence-corrected chi connectivity index (χ1v) is 3.24. The fourth-order valence-corrected chi connectivity index (χ4v) is 0.781. The van der Waals surface area contributed by atoms with E-state index in [0.717, 1.165) is 5.56 Å². The minimum absolute atomic E-state index is 0.345. The molecule has 0 radical (unpaired) electrons. The summed E-state index contributed by atoms with van der Waals surface area (Å²) in [5.41, 5.74) is 6.24. The van der Waals surface area contributed by atoms with E-state index in [0.29, 0.717) is 6.47 Å². The van der Waals surface area contributed by atoms with E-state index in [1.165, 1.54) is 0 Å². The molecule has 0 saturated heterocycles. The van der Waals surface area contributed by atoms with Gasteiger partial charge >= 0.3 is 0 Å². The second-order valence-corrected chi connectivity index (χ2v) is 2.06. The molecule has 3 heteroatoms. The van der Waals surface area contributed by atoms with Crippen LogP contribution < -0.4 is 5.73 Å². The number of nitrogens with two attached hydrogens (primary N) is 1. The number of carbonyl (C=O) groups is 1. The Morgan fingerprint density at radius 2 is 2.00 bits per heavy atom. The summed E-state index contributed by atoms with van der Waals surface area (Å²) in [6.07, 6.45) is -0.645. The zero-order valence-electron chi connectivity index (χ0n) is 5.94. The predicted molar refractivity (Wildman–Crippen MR) is 40.5 cm³/mol. The van der Waals surface area contributed by atoms with Crippen LogP contribution in [0.25, 0.3) is 0 Å². The lowest BCUT2D eigenvalue weighted by Crippen LogP contribution is -2.12. The summed E-state index contributed by atoms with van der Waals surface area (Å²) < 4.78 is 4.53. The number of carbonyl (C=O) groups excluding carboxylic acids is 1. The van der Waals surface area contributed by atoms with Crippen molar-refractivity contribution in [2.75, 3.05) is 0 Å². The first-order valence-electron chi connectivity index (χ1n) is 3.24. The summed E-state index contributed by atoms with van der Waals surface area (Å²) in [7, 11) is 0. The molecule has 0 saturated carbocycles. The van der Waals surface area contributed by atoms with Gasteiger partial charge in [0, 0.05) is 5.56 Å². The van der Waals surface area contributed by atoms with Crippen LogP contribution in [0.3, 0.4) is 0 Å². The van der Waals surface area contributed by atoms with Gasteiger partial charge in [0.1, 0.15) is 0 Å². The number of ether oxygens (including phenoxy) is 1. The molecule has 11 heavy (non-hydrogen) atoms. The average Bonchev–Trinajstić information content (AvgIpc) is 2.07. The molecule has 1 rings (SSSR count). The summed E-state index contributed by atoms with van der Waals surface area (Å²) >= 11 is 0. The number of benzene rings is 1. The largest absolute Gasteiger partial charge is 0.445 e. The van der Waals surface area contributed by atoms with E-state index < -0.39 is 6.23 Å². The normalized spacial score (nSPS) is 12.1. The summed E-state index contributed by atoms with van der Waals surface area (Å²) in [5, 5.41) is 0. The fourth-order valence-electron chi connectivity index (χ4n) is 0.781. The number of hydrogen-bond donors (Lipinski definition) is 1. The molecule has 3 nitrogen and oxygen atoms in total. The van der Waals surface area contributed by atoms with Gasteiger partial charge in [0.2, 0.25) is 0 Å². The van der Waals surface area contributed by atoms with E-state index in [2.05, 4.69) is 4.74 Å². The molecular formula is C8H9NO2. The lowest BCUT2D eigenvalue weighted by Gasteiger charge is -2.07. The van der Waals surface area contributed by atoms with E-state index in [1.54, 1.807) is 12.1 Å². The summed E-state index contributed by atoms with van der Waals surface area (Å²) in [4.78, 5) is 9.89. The molecule has 0 fully saturated rings. The number of rotatable bonds is 3. The highest BCUT2D eigenvalue weighted by Gasteiger charge is 2.02. The smallest absolute Gasteiger partial charge is 0.294 e. The molecule has 0 aliphatic heterocycles. The molecule has 1 unspecified atom stereocenters. The SMILES string of the molecule is NC(OC=O)c1ccccc1. The van der Waals surface area contributed by atoms with Crippen molar-refractivity contribution in [1.82, 2.24) is 0 Å². The molecule has 0 aliphatic carbocycles. The van der Waals surface area contributed by atoms with Gasteiger partial charge in [-0.1, -0.05) is 30.3 Å². The topological polar surface area (TPSA) is 52.3 Å². The van der Waals surface area contributed by atoms with Crippen LogP contribution in [0.15, 0.2) is 30.3 Å². The second kappa shape index (κ2) is 3.73. The third kappa shape index (κ3) is 2.05. The standard InChI is InChI=1S/C8H9NO2/c9-8(11-6-10)7-4-2-1-3-5-7/h1-6,8H,9H2. The van der Waals surface area contributed by atoms with Crippen LogP contribution in [0.4, 0.5) is 0 Å². The highest BCUT2D eigenvalue weighted by Crippen LogP contribution is 2.08. The van der Waals surface area contributed by atoms with Gasteiger partial charge in [0.15, 0.2) is 6.23 Å². The Labute approximate surface area is 64.8 Å². The Bertz CT molecular complexity index is 223. The quantitative estimate of drug-likeness (QED) is 0.514. The Balaban J connectivity index is 2.68. The van der Waals surface area contributed by atoms with Crippen molar-refractivity contribution in [2.45, 2.75) is 6.23 Å². The molecule has 0 bridgehead atoms. The monoisotopic (exact) mass is 151 g/mol. The van der Waals surface area contributed by atoms with Crippen molar-refractivity contribution in [3.8, 4) is 0 Å². The van der Waals surface area contributed by atoms with Crippen molar-refractivity contribution in [2.24, 2.45) is 5.73 Å². The molecule has 0 amide bonds. The van der Waals surface area contributed by atoms with Crippen molar-refractivity contribution >= 4 is 6.47 Å². The summed E-state index contributed by atoms with van der Waals surface area (Å²) in [6, 6.07) is 9.15. The molecule has 0 heterocycles. The molecule has 0 spiro atoms. The summed E-state index contributed by atoms with van der Waals surface area (Å²) in [5.74, 6) is 0. The van der Waals surface area contributed by atoms with E-state index in [1.807, 2.05) is 18.2 Å². The van der Waals surface area contributed by atoms with E-state index >= 15 is 0 Å². The maximum absolute atomic E-state index is 9.89. The third-order valence-electron chi connectivity index (χ3n) is 1.33.